The van der Waals surface area contributed by atoms with Crippen molar-refractivity contribution in [3.63, 3.8) is 0 Å². The maximum Gasteiger partial charge on any atom is 0.297 e. The number of benzene rings is 1. The zero-order valence-corrected chi connectivity index (χ0v) is 13.7. The molecule has 11 heteroatoms. The molecule has 130 valence electrons. The van der Waals surface area contributed by atoms with Crippen molar-refractivity contribution in [3.05, 3.63) is 29.8 Å². The minimum atomic E-state index is -4.64. The van der Waals surface area contributed by atoms with E-state index < -0.39 is 62.7 Å². The van der Waals surface area contributed by atoms with E-state index in [0.717, 1.165) is 0 Å². The van der Waals surface area contributed by atoms with E-state index in [1.165, 1.54) is 0 Å². The van der Waals surface area contributed by atoms with Gasteiger partial charge in [0, 0.05) is 6.07 Å². The Morgan fingerprint density at radius 2 is 1.74 bits per heavy atom. The smallest absolute Gasteiger partial charge is 0.297 e. The van der Waals surface area contributed by atoms with Crippen LogP contribution in [0.2, 0.25) is 0 Å². The van der Waals surface area contributed by atoms with E-state index in [1.54, 1.807) is 0 Å². The van der Waals surface area contributed by atoms with Crippen LogP contribution < -0.4 is 0 Å². The van der Waals surface area contributed by atoms with Crippen molar-refractivity contribution in [2.24, 2.45) is 0 Å². The van der Waals surface area contributed by atoms with Crippen LogP contribution in [0.4, 0.5) is 8.78 Å². The summed E-state index contributed by atoms with van der Waals surface area (Å²) in [5.74, 6) is -2.24. The van der Waals surface area contributed by atoms with Crippen LogP contribution in [-0.4, -0.2) is 59.8 Å². The number of aliphatic hydroxyl groups is 3. The second-order valence-corrected chi connectivity index (χ2v) is 7.28. The first-order valence-corrected chi connectivity index (χ1v) is 8.64. The van der Waals surface area contributed by atoms with Gasteiger partial charge in [-0.15, -0.1) is 0 Å². The molecule has 1 saturated heterocycles. The van der Waals surface area contributed by atoms with E-state index in [2.05, 4.69) is 15.9 Å². The summed E-state index contributed by atoms with van der Waals surface area (Å²) in [5, 5.41) is 27.5. The van der Waals surface area contributed by atoms with Crippen molar-refractivity contribution in [2.45, 2.75) is 34.3 Å². The van der Waals surface area contributed by atoms with Crippen molar-refractivity contribution in [3.8, 4) is 0 Å². The first kappa shape index (κ1) is 18.6. The van der Waals surface area contributed by atoms with Crippen LogP contribution in [0.15, 0.2) is 23.1 Å². The maximum absolute atomic E-state index is 13.1. The van der Waals surface area contributed by atoms with Gasteiger partial charge in [0.25, 0.3) is 10.1 Å². The molecular formula is C12H13BrF2O7S. The highest BCUT2D eigenvalue weighted by Crippen LogP contribution is 2.30. The van der Waals surface area contributed by atoms with Gasteiger partial charge >= 0.3 is 0 Å². The van der Waals surface area contributed by atoms with Gasteiger partial charge in [0.2, 0.25) is 0 Å². The highest BCUT2D eigenvalue weighted by Gasteiger charge is 2.46. The second-order valence-electron chi connectivity index (χ2n) is 4.81. The van der Waals surface area contributed by atoms with Gasteiger partial charge in [0.1, 0.15) is 41.1 Å². The van der Waals surface area contributed by atoms with E-state index in [1.807, 2.05) is 0 Å². The standard InChI is InChI=1S/C12H13BrF2O7S/c13-12-11(10(18)9(17)8(4-16)21-12)22-23(19,20)7-2-5(14)1-6(15)3-7/h1-3,8-12,16-18H,4H2/t8-,9-,10+,11-,12+/m1/s1. The molecule has 1 fully saturated rings. The van der Waals surface area contributed by atoms with Crippen LogP contribution >= 0.6 is 15.9 Å². The number of halogens is 3. The summed E-state index contributed by atoms with van der Waals surface area (Å²) < 4.78 is 60.3. The average Bonchev–Trinajstić information content (AvgIpc) is 2.46. The molecule has 0 bridgehead atoms. The van der Waals surface area contributed by atoms with E-state index in [4.69, 9.17) is 14.0 Å². The molecule has 0 amide bonds. The lowest BCUT2D eigenvalue weighted by atomic mass is 10.0. The minimum absolute atomic E-state index is 0.487. The third-order valence-electron chi connectivity index (χ3n) is 3.17. The Bertz CT molecular complexity index is 651. The Morgan fingerprint density at radius 3 is 2.26 bits per heavy atom. The summed E-state index contributed by atoms with van der Waals surface area (Å²) in [6.07, 6.45) is -6.08. The van der Waals surface area contributed by atoms with Crippen molar-refractivity contribution >= 4 is 26.0 Å². The second kappa shape index (κ2) is 7.05. The number of ether oxygens (including phenoxy) is 1. The predicted molar refractivity (Wildman–Crippen MR) is 75.1 cm³/mol. The van der Waals surface area contributed by atoms with Gasteiger partial charge < -0.3 is 20.1 Å². The molecule has 1 aliphatic rings. The number of hydrogen-bond acceptors (Lipinski definition) is 7. The number of aliphatic hydroxyl groups excluding tert-OH is 3. The molecule has 1 heterocycles. The number of hydrogen-bond donors (Lipinski definition) is 3. The van der Waals surface area contributed by atoms with Crippen molar-refractivity contribution in [1.29, 1.82) is 0 Å². The van der Waals surface area contributed by atoms with Crippen molar-refractivity contribution in [2.75, 3.05) is 6.61 Å². The predicted octanol–water partition coefficient (Wildman–Crippen LogP) is -0.127. The van der Waals surface area contributed by atoms with E-state index in [0.29, 0.717) is 18.2 Å². The molecule has 1 aromatic rings. The molecule has 0 radical (unpaired) electrons. The van der Waals surface area contributed by atoms with Crippen LogP contribution in [0.5, 0.6) is 0 Å². The molecule has 0 saturated carbocycles. The van der Waals surface area contributed by atoms with Crippen LogP contribution in [0, 0.1) is 11.6 Å². The first-order valence-electron chi connectivity index (χ1n) is 6.31. The van der Waals surface area contributed by atoms with Gasteiger partial charge in [0.05, 0.1) is 11.5 Å². The molecular weight excluding hydrogens is 406 g/mol. The fraction of sp³-hybridized carbons (Fsp3) is 0.500. The molecule has 3 N–H and O–H groups in total. The lowest BCUT2D eigenvalue weighted by Crippen LogP contribution is -2.58. The highest BCUT2D eigenvalue weighted by molar-refractivity contribution is 9.09. The van der Waals surface area contributed by atoms with Gasteiger partial charge in [-0.1, -0.05) is 15.9 Å². The van der Waals surface area contributed by atoms with Crippen molar-refractivity contribution in [1.82, 2.24) is 0 Å². The fourth-order valence-electron chi connectivity index (χ4n) is 2.02. The SMILES string of the molecule is O=S(=O)(O[C@@H]1[C@@H](O)[C@H](O)[C@@H](CO)O[C@@H]1Br)c1cc(F)cc(F)c1. The molecule has 0 spiro atoms. The molecule has 0 aliphatic carbocycles. The van der Waals surface area contributed by atoms with E-state index in [9.17, 15) is 27.4 Å². The zero-order valence-electron chi connectivity index (χ0n) is 11.3. The normalized spacial score (nSPS) is 32.0. The number of alkyl halides is 1. The molecule has 2 rings (SSSR count). The van der Waals surface area contributed by atoms with Gasteiger partial charge in [-0.2, -0.15) is 8.42 Å². The third-order valence-corrected chi connectivity index (χ3v) is 5.20. The largest absolute Gasteiger partial charge is 0.394 e. The Hall–Kier alpha value is -0.690. The topological polar surface area (TPSA) is 113 Å². The molecule has 23 heavy (non-hydrogen) atoms. The van der Waals surface area contributed by atoms with E-state index >= 15 is 0 Å². The van der Waals surface area contributed by atoms with Crippen LogP contribution in [0.3, 0.4) is 0 Å². The monoisotopic (exact) mass is 418 g/mol. The molecule has 1 aromatic carbocycles. The highest BCUT2D eigenvalue weighted by atomic mass is 79.9. The molecule has 1 aliphatic heterocycles. The Labute approximate surface area is 138 Å². The fourth-order valence-corrected chi connectivity index (χ4v) is 3.99. The lowest BCUT2D eigenvalue weighted by Gasteiger charge is -2.39. The van der Waals surface area contributed by atoms with E-state index in [-0.39, 0.29) is 0 Å². The summed E-state index contributed by atoms with van der Waals surface area (Å²) in [5.41, 5.74) is 0. The minimum Gasteiger partial charge on any atom is -0.394 e. The molecule has 7 nitrogen and oxygen atoms in total. The van der Waals surface area contributed by atoms with Crippen molar-refractivity contribution < 1.29 is 41.4 Å². The van der Waals surface area contributed by atoms with Gasteiger partial charge in [0.15, 0.2) is 0 Å². The Balaban J connectivity index is 2.26. The average molecular weight is 419 g/mol. The molecule has 5 atom stereocenters. The summed E-state index contributed by atoms with van der Waals surface area (Å²) in [6.45, 7) is -0.616. The summed E-state index contributed by atoms with van der Waals surface area (Å²) in [7, 11) is -4.64. The van der Waals surface area contributed by atoms with Crippen LogP contribution in [0.25, 0.3) is 0 Å². The lowest BCUT2D eigenvalue weighted by molar-refractivity contribution is -0.196. The zero-order chi connectivity index (χ0) is 17.4. The van der Waals surface area contributed by atoms with Crippen LogP contribution in [-0.2, 0) is 19.0 Å². The Morgan fingerprint density at radius 1 is 1.17 bits per heavy atom. The Kier molecular flexibility index (Phi) is 5.72. The first-order chi connectivity index (χ1) is 10.7. The van der Waals surface area contributed by atoms with Gasteiger partial charge in [-0.05, 0) is 12.1 Å². The summed E-state index contributed by atoms with van der Waals surface area (Å²) >= 11 is 2.92. The van der Waals surface area contributed by atoms with Crippen LogP contribution in [0.1, 0.15) is 0 Å². The summed E-state index contributed by atoms with van der Waals surface area (Å²) in [6, 6.07) is 1.58. The third kappa shape index (κ3) is 4.05. The molecule has 0 unspecified atom stereocenters. The molecule has 0 aromatic heterocycles. The van der Waals surface area contributed by atoms with Gasteiger partial charge in [-0.25, -0.2) is 8.78 Å². The van der Waals surface area contributed by atoms with Gasteiger partial charge in [-0.3, -0.25) is 4.18 Å². The quantitative estimate of drug-likeness (QED) is 0.461. The number of rotatable bonds is 4. The summed E-state index contributed by atoms with van der Waals surface area (Å²) in [4.78, 5) is -0.791. The maximum atomic E-state index is 13.1.